The fraction of sp³-hybridized carbons (Fsp3) is 0.889. The van der Waals surface area contributed by atoms with Gasteiger partial charge in [0.1, 0.15) is 0 Å². The van der Waals surface area contributed by atoms with Crippen LogP contribution in [0.1, 0.15) is 33.1 Å². The van der Waals surface area contributed by atoms with Crippen molar-refractivity contribution < 1.29 is 19.5 Å². The number of hydrogen-bond donors (Lipinski definition) is 0. The highest BCUT2D eigenvalue weighted by molar-refractivity contribution is 6.17. The zero-order valence-electron chi connectivity index (χ0n) is 9.40. The molecule has 0 saturated heterocycles. The molecule has 0 aliphatic rings. The number of nitrogens with zero attached hydrogens (tertiary/aromatic N) is 1. The van der Waals surface area contributed by atoms with Gasteiger partial charge in [0, 0.05) is 0 Å². The molecule has 0 aromatic carbocycles. The maximum absolute atomic E-state index is 11.4. The summed E-state index contributed by atoms with van der Waals surface area (Å²) in [5.41, 5.74) is -0.622. The molecule has 0 aliphatic heterocycles. The molecule has 0 rings (SSSR count). The third-order valence-corrected chi connectivity index (χ3v) is 2.24. The largest absolute Gasteiger partial charge is 0.449 e. The van der Waals surface area contributed by atoms with Crippen LogP contribution in [0.3, 0.4) is 0 Å². The molecule has 0 radical (unpaired) electrons. The van der Waals surface area contributed by atoms with Gasteiger partial charge in [0.05, 0.1) is 12.0 Å². The van der Waals surface area contributed by atoms with Gasteiger partial charge in [-0.3, -0.25) is 4.79 Å². The zero-order valence-corrected chi connectivity index (χ0v) is 10.2. The molecule has 0 spiro atoms. The lowest BCUT2D eigenvalue weighted by molar-refractivity contribution is -0.757. The second-order valence-corrected chi connectivity index (χ2v) is 4.16. The van der Waals surface area contributed by atoms with Gasteiger partial charge in [0.25, 0.3) is 5.09 Å². The first-order valence-corrected chi connectivity index (χ1v) is 5.44. The Morgan fingerprint density at radius 2 is 2.06 bits per heavy atom. The van der Waals surface area contributed by atoms with Gasteiger partial charge in [0.2, 0.25) is 0 Å². The SMILES string of the molecule is CC(C)(CCCCO[N+](=O)[O-])C(=O)OCCl. The topological polar surface area (TPSA) is 78.7 Å². The summed E-state index contributed by atoms with van der Waals surface area (Å²) in [6.45, 7) is 3.54. The van der Waals surface area contributed by atoms with Crippen molar-refractivity contribution in [3.63, 3.8) is 0 Å². The van der Waals surface area contributed by atoms with Crippen molar-refractivity contribution in [2.24, 2.45) is 5.41 Å². The summed E-state index contributed by atoms with van der Waals surface area (Å²) in [7, 11) is 0. The monoisotopic (exact) mass is 253 g/mol. The summed E-state index contributed by atoms with van der Waals surface area (Å²) in [4.78, 5) is 25.4. The molecule has 0 fully saturated rings. The van der Waals surface area contributed by atoms with Crippen LogP contribution in [0.5, 0.6) is 0 Å². The first-order chi connectivity index (χ1) is 7.40. The highest BCUT2D eigenvalue weighted by atomic mass is 35.5. The van der Waals surface area contributed by atoms with Crippen molar-refractivity contribution in [1.29, 1.82) is 0 Å². The van der Waals surface area contributed by atoms with E-state index in [2.05, 4.69) is 9.57 Å². The highest BCUT2D eigenvalue weighted by Gasteiger charge is 2.28. The molecule has 0 bridgehead atoms. The third-order valence-electron chi connectivity index (χ3n) is 2.13. The Morgan fingerprint density at radius 3 is 2.56 bits per heavy atom. The van der Waals surface area contributed by atoms with E-state index < -0.39 is 10.5 Å². The fourth-order valence-electron chi connectivity index (χ4n) is 1.16. The van der Waals surface area contributed by atoms with Crippen LogP contribution in [0.25, 0.3) is 0 Å². The van der Waals surface area contributed by atoms with E-state index in [-0.39, 0.29) is 18.6 Å². The van der Waals surface area contributed by atoms with E-state index >= 15 is 0 Å². The van der Waals surface area contributed by atoms with Crippen LogP contribution in [-0.4, -0.2) is 23.7 Å². The molecular formula is C9H16ClNO5. The number of unbranched alkanes of at least 4 members (excludes halogenated alkanes) is 1. The van der Waals surface area contributed by atoms with Gasteiger partial charge in [-0.05, 0) is 26.7 Å². The van der Waals surface area contributed by atoms with E-state index in [0.717, 1.165) is 0 Å². The predicted molar refractivity (Wildman–Crippen MR) is 57.4 cm³/mol. The lowest BCUT2D eigenvalue weighted by Crippen LogP contribution is -2.26. The Balaban J connectivity index is 3.73. The first-order valence-electron chi connectivity index (χ1n) is 4.90. The van der Waals surface area contributed by atoms with Crippen molar-refractivity contribution in [3.8, 4) is 0 Å². The second kappa shape index (κ2) is 7.27. The standard InChI is InChI=1S/C9H16ClNO5/c1-9(2,8(12)15-7-10)5-3-4-6-16-11(13)14/h3-7H2,1-2H3. The molecule has 16 heavy (non-hydrogen) atoms. The zero-order chi connectivity index (χ0) is 12.6. The summed E-state index contributed by atoms with van der Waals surface area (Å²) in [6, 6.07) is -0.160. The van der Waals surface area contributed by atoms with Crippen LogP contribution in [0.4, 0.5) is 0 Å². The normalized spacial score (nSPS) is 10.9. The average Bonchev–Trinajstić information content (AvgIpc) is 2.17. The molecule has 94 valence electrons. The van der Waals surface area contributed by atoms with Crippen molar-refractivity contribution in [1.82, 2.24) is 0 Å². The number of esters is 1. The van der Waals surface area contributed by atoms with Crippen molar-refractivity contribution in [3.05, 3.63) is 10.1 Å². The van der Waals surface area contributed by atoms with E-state index in [0.29, 0.717) is 19.3 Å². The number of carbonyl (C=O) groups excluding carboxylic acids is 1. The third kappa shape index (κ3) is 6.44. The van der Waals surface area contributed by atoms with Gasteiger partial charge in [-0.25, -0.2) is 0 Å². The molecule has 0 N–H and O–H groups in total. The van der Waals surface area contributed by atoms with Gasteiger partial charge in [-0.1, -0.05) is 18.0 Å². The van der Waals surface area contributed by atoms with Crippen molar-refractivity contribution in [2.75, 3.05) is 12.7 Å². The fourth-order valence-corrected chi connectivity index (χ4v) is 1.25. The molecule has 0 unspecified atom stereocenters. The lowest BCUT2D eigenvalue weighted by atomic mass is 9.87. The van der Waals surface area contributed by atoms with Crippen LogP contribution >= 0.6 is 11.6 Å². The van der Waals surface area contributed by atoms with Crippen LogP contribution in [0.15, 0.2) is 0 Å². The molecular weight excluding hydrogens is 238 g/mol. The Bertz CT molecular complexity index is 244. The Kier molecular flexibility index (Phi) is 6.80. The maximum atomic E-state index is 11.4. The van der Waals surface area contributed by atoms with Crippen LogP contribution in [0, 0.1) is 15.5 Å². The molecule has 0 amide bonds. The minimum Gasteiger partial charge on any atom is -0.449 e. The Hall–Kier alpha value is -1.04. The van der Waals surface area contributed by atoms with Crippen LogP contribution in [-0.2, 0) is 14.4 Å². The van der Waals surface area contributed by atoms with Crippen LogP contribution < -0.4 is 0 Å². The number of carbonyl (C=O) groups is 1. The van der Waals surface area contributed by atoms with E-state index in [1.54, 1.807) is 13.8 Å². The molecule has 0 atom stereocenters. The minimum atomic E-state index is -0.826. The molecule has 0 saturated carbocycles. The number of rotatable bonds is 8. The highest BCUT2D eigenvalue weighted by Crippen LogP contribution is 2.25. The van der Waals surface area contributed by atoms with Crippen molar-refractivity contribution in [2.45, 2.75) is 33.1 Å². The molecule has 0 aromatic heterocycles. The maximum Gasteiger partial charge on any atom is 0.312 e. The summed E-state index contributed by atoms with van der Waals surface area (Å²) in [5.74, 6) is -0.363. The average molecular weight is 254 g/mol. The van der Waals surface area contributed by atoms with E-state index in [4.69, 9.17) is 11.6 Å². The molecule has 6 nitrogen and oxygen atoms in total. The summed E-state index contributed by atoms with van der Waals surface area (Å²) >= 11 is 5.28. The summed E-state index contributed by atoms with van der Waals surface area (Å²) < 4.78 is 4.69. The molecule has 0 aliphatic carbocycles. The first kappa shape index (κ1) is 15.0. The number of halogens is 1. The molecule has 0 aromatic rings. The quantitative estimate of drug-likeness (QED) is 0.218. The van der Waals surface area contributed by atoms with Gasteiger partial charge in [-0.15, -0.1) is 10.1 Å². The van der Waals surface area contributed by atoms with Gasteiger partial charge in [0.15, 0.2) is 6.07 Å². The van der Waals surface area contributed by atoms with Gasteiger partial charge < -0.3 is 9.57 Å². The smallest absolute Gasteiger partial charge is 0.312 e. The Morgan fingerprint density at radius 1 is 1.44 bits per heavy atom. The minimum absolute atomic E-state index is 0.0492. The Labute approximate surface area is 99.0 Å². The van der Waals surface area contributed by atoms with Gasteiger partial charge in [-0.2, -0.15) is 0 Å². The van der Waals surface area contributed by atoms with Crippen LogP contribution in [0.2, 0.25) is 0 Å². The number of alkyl halides is 1. The lowest BCUT2D eigenvalue weighted by Gasteiger charge is -2.21. The summed E-state index contributed by atoms with van der Waals surface area (Å²) in [5, 5.41) is 9.02. The van der Waals surface area contributed by atoms with Gasteiger partial charge >= 0.3 is 5.97 Å². The number of hydrogen-bond acceptors (Lipinski definition) is 5. The van der Waals surface area contributed by atoms with E-state index in [1.165, 1.54) is 0 Å². The molecule has 7 heteroatoms. The summed E-state index contributed by atoms with van der Waals surface area (Å²) in [6.07, 6.45) is 1.75. The second-order valence-electron chi connectivity index (χ2n) is 3.94. The molecule has 0 heterocycles. The predicted octanol–water partition coefficient (Wildman–Crippen LogP) is 2.13. The van der Waals surface area contributed by atoms with E-state index in [9.17, 15) is 14.9 Å². The van der Waals surface area contributed by atoms with E-state index in [1.807, 2.05) is 0 Å². The number of ether oxygens (including phenoxy) is 1. The van der Waals surface area contributed by atoms with Crippen molar-refractivity contribution >= 4 is 17.6 Å².